The van der Waals surface area contributed by atoms with Crippen molar-refractivity contribution in [3.63, 3.8) is 0 Å². The van der Waals surface area contributed by atoms with Gasteiger partial charge < -0.3 is 19.3 Å². The number of ether oxygens (including phenoxy) is 2. The van der Waals surface area contributed by atoms with E-state index >= 15 is 0 Å². The van der Waals surface area contributed by atoms with Crippen molar-refractivity contribution in [2.75, 3.05) is 9.80 Å². The summed E-state index contributed by atoms with van der Waals surface area (Å²) in [6.07, 6.45) is 0. The van der Waals surface area contributed by atoms with E-state index in [1.807, 2.05) is 72.8 Å². The van der Waals surface area contributed by atoms with Crippen molar-refractivity contribution >= 4 is 34.1 Å². The number of aryl methyl sites for hydroxylation is 2. The van der Waals surface area contributed by atoms with Gasteiger partial charge in [0.05, 0.1) is 34.1 Å². The first-order valence-electron chi connectivity index (χ1n) is 18.2. The Balaban J connectivity index is 1.05. The average Bonchev–Trinajstić information content (AvgIpc) is 3.22. The number of pyridine rings is 1. The minimum atomic E-state index is 0.834. The van der Waals surface area contributed by atoms with Crippen LogP contribution in [0.2, 0.25) is 0 Å². The van der Waals surface area contributed by atoms with Crippen LogP contribution in [0.1, 0.15) is 11.1 Å². The molecule has 8 aromatic rings. The molecule has 0 atom stereocenters. The topological polar surface area (TPSA) is 37.8 Å². The molecule has 258 valence electrons. The van der Waals surface area contributed by atoms with Gasteiger partial charge in [0, 0.05) is 22.5 Å². The zero-order chi connectivity index (χ0) is 36.2. The summed E-state index contributed by atoms with van der Waals surface area (Å²) in [4.78, 5) is 9.83. The maximum Gasteiger partial charge on any atom is 0.151 e. The SMILES string of the molecule is Cc1ccc(-c2cc(-c3ccc(N4c5ccccc5Oc5ccccc54)cc3)nc(-c3ccc(N4c5ccccc5Oc5ccccc54)cc3)c2)c(C)c1. The van der Waals surface area contributed by atoms with Crippen LogP contribution in [0.5, 0.6) is 23.0 Å². The molecule has 5 nitrogen and oxygen atoms in total. The number of nitrogens with zero attached hydrogens (tertiary/aromatic N) is 3. The van der Waals surface area contributed by atoms with Crippen LogP contribution in [0.3, 0.4) is 0 Å². The third-order valence-electron chi connectivity index (χ3n) is 10.2. The van der Waals surface area contributed by atoms with E-state index in [2.05, 4.69) is 127 Å². The zero-order valence-corrected chi connectivity index (χ0v) is 29.9. The molecule has 0 amide bonds. The van der Waals surface area contributed by atoms with E-state index in [1.165, 1.54) is 16.7 Å². The van der Waals surface area contributed by atoms with Crippen LogP contribution in [0.15, 0.2) is 176 Å². The largest absolute Gasteiger partial charge is 0.453 e. The number of hydrogen-bond acceptors (Lipinski definition) is 5. The molecule has 0 spiro atoms. The Morgan fingerprint density at radius 2 is 0.778 bits per heavy atom. The summed E-state index contributed by atoms with van der Waals surface area (Å²) >= 11 is 0. The van der Waals surface area contributed by atoms with E-state index in [9.17, 15) is 0 Å². The van der Waals surface area contributed by atoms with Crippen molar-refractivity contribution < 1.29 is 9.47 Å². The molecule has 0 saturated heterocycles. The van der Waals surface area contributed by atoms with E-state index in [0.29, 0.717) is 0 Å². The van der Waals surface area contributed by atoms with Gasteiger partial charge in [-0.2, -0.15) is 0 Å². The highest BCUT2D eigenvalue weighted by Crippen LogP contribution is 2.51. The summed E-state index contributed by atoms with van der Waals surface area (Å²) in [5, 5.41) is 0. The van der Waals surface area contributed by atoms with E-state index in [4.69, 9.17) is 14.5 Å². The Morgan fingerprint density at radius 3 is 1.17 bits per heavy atom. The second kappa shape index (κ2) is 12.8. The quantitative estimate of drug-likeness (QED) is 0.179. The van der Waals surface area contributed by atoms with Crippen LogP contribution in [0.25, 0.3) is 33.6 Å². The maximum atomic E-state index is 6.26. The van der Waals surface area contributed by atoms with Crippen molar-refractivity contribution in [1.29, 1.82) is 0 Å². The van der Waals surface area contributed by atoms with Crippen LogP contribution in [0, 0.1) is 13.8 Å². The molecule has 0 radical (unpaired) electrons. The fourth-order valence-corrected chi connectivity index (χ4v) is 7.65. The van der Waals surface area contributed by atoms with Crippen molar-refractivity contribution in [1.82, 2.24) is 4.98 Å². The summed E-state index contributed by atoms with van der Waals surface area (Å²) in [6.45, 7) is 4.32. The van der Waals surface area contributed by atoms with Crippen molar-refractivity contribution in [3.8, 4) is 56.6 Å². The highest BCUT2D eigenvalue weighted by atomic mass is 16.5. The number of rotatable bonds is 5. The van der Waals surface area contributed by atoms with Gasteiger partial charge in [-0.15, -0.1) is 0 Å². The molecule has 0 bridgehead atoms. The first kappa shape index (κ1) is 31.6. The molecule has 0 aliphatic carbocycles. The van der Waals surface area contributed by atoms with E-state index in [0.717, 1.165) is 85.2 Å². The van der Waals surface area contributed by atoms with Crippen LogP contribution in [0.4, 0.5) is 34.1 Å². The lowest BCUT2D eigenvalue weighted by Gasteiger charge is -2.32. The molecule has 2 aliphatic heterocycles. The minimum absolute atomic E-state index is 0.834. The van der Waals surface area contributed by atoms with Crippen LogP contribution < -0.4 is 19.3 Å². The highest BCUT2D eigenvalue weighted by Gasteiger charge is 2.27. The standard InChI is InChI=1S/C49H35N3O2/c1-32-19-28-39(33(2)29-32)36-30-40(34-20-24-37(25-21-34)51-42-11-3-7-15-46(42)53-47-16-8-4-12-43(47)51)50-41(31-36)35-22-26-38(27-23-35)52-44-13-5-9-17-48(44)54-49-18-10-6-14-45(49)52/h3-31H,1-2H3. The van der Waals surface area contributed by atoms with Crippen LogP contribution >= 0.6 is 0 Å². The summed E-state index contributed by atoms with van der Waals surface area (Å²) in [7, 11) is 0. The first-order chi connectivity index (χ1) is 26.6. The van der Waals surface area contributed by atoms with Crippen molar-refractivity contribution in [2.45, 2.75) is 13.8 Å². The lowest BCUT2D eigenvalue weighted by Crippen LogP contribution is -2.15. The van der Waals surface area contributed by atoms with Gasteiger partial charge >= 0.3 is 0 Å². The van der Waals surface area contributed by atoms with Crippen molar-refractivity contribution in [3.05, 3.63) is 187 Å². The minimum Gasteiger partial charge on any atom is -0.453 e. The summed E-state index contributed by atoms with van der Waals surface area (Å²) in [6, 6.07) is 61.1. The second-order valence-corrected chi connectivity index (χ2v) is 13.8. The van der Waals surface area contributed by atoms with Crippen LogP contribution in [-0.2, 0) is 0 Å². The van der Waals surface area contributed by atoms with E-state index in [1.54, 1.807) is 0 Å². The van der Waals surface area contributed by atoms with Gasteiger partial charge in [-0.25, -0.2) is 4.98 Å². The maximum absolute atomic E-state index is 6.26. The Kier molecular flexibility index (Phi) is 7.51. The molecule has 7 aromatic carbocycles. The second-order valence-electron chi connectivity index (χ2n) is 13.8. The normalized spacial score (nSPS) is 12.5. The molecule has 10 rings (SSSR count). The molecule has 5 heteroatoms. The molecular weight excluding hydrogens is 663 g/mol. The lowest BCUT2D eigenvalue weighted by atomic mass is 9.95. The Bertz CT molecular complexity index is 2450. The van der Waals surface area contributed by atoms with Crippen molar-refractivity contribution in [2.24, 2.45) is 0 Å². The third kappa shape index (κ3) is 5.46. The van der Waals surface area contributed by atoms with Gasteiger partial charge in [-0.3, -0.25) is 0 Å². The lowest BCUT2D eigenvalue weighted by molar-refractivity contribution is 0.477. The number of hydrogen-bond donors (Lipinski definition) is 0. The summed E-state index contributed by atoms with van der Waals surface area (Å²) in [5.74, 6) is 3.34. The fraction of sp³-hybridized carbons (Fsp3) is 0.0408. The highest BCUT2D eigenvalue weighted by molar-refractivity contribution is 5.89. The number of para-hydroxylation sites is 8. The fourth-order valence-electron chi connectivity index (χ4n) is 7.65. The smallest absolute Gasteiger partial charge is 0.151 e. The zero-order valence-electron chi connectivity index (χ0n) is 29.9. The summed E-state index contributed by atoms with van der Waals surface area (Å²) < 4.78 is 12.5. The predicted octanol–water partition coefficient (Wildman–Crippen LogP) is 13.9. The molecule has 1 aromatic heterocycles. The molecule has 54 heavy (non-hydrogen) atoms. The van der Waals surface area contributed by atoms with E-state index in [-0.39, 0.29) is 0 Å². The first-order valence-corrected chi connectivity index (χ1v) is 18.2. The number of benzene rings is 7. The molecule has 2 aliphatic rings. The van der Waals surface area contributed by atoms with Gasteiger partial charge in [0.25, 0.3) is 0 Å². The van der Waals surface area contributed by atoms with Gasteiger partial charge in [-0.05, 0) is 115 Å². The average molecular weight is 698 g/mol. The predicted molar refractivity (Wildman–Crippen MR) is 220 cm³/mol. The molecule has 0 fully saturated rings. The monoisotopic (exact) mass is 697 g/mol. The van der Waals surface area contributed by atoms with Gasteiger partial charge in [0.15, 0.2) is 23.0 Å². The number of anilines is 6. The Hall–Kier alpha value is -7.11. The van der Waals surface area contributed by atoms with Gasteiger partial charge in [-0.1, -0.05) is 96.6 Å². The molecule has 0 saturated carbocycles. The Labute approximate surface area is 315 Å². The van der Waals surface area contributed by atoms with E-state index < -0.39 is 0 Å². The number of aromatic nitrogens is 1. The van der Waals surface area contributed by atoms with Gasteiger partial charge in [0.2, 0.25) is 0 Å². The summed E-state index contributed by atoms with van der Waals surface area (Å²) in [5.41, 5.74) is 14.9. The van der Waals surface area contributed by atoms with Gasteiger partial charge in [0.1, 0.15) is 0 Å². The number of fused-ring (bicyclic) bond motifs is 4. The van der Waals surface area contributed by atoms with Crippen LogP contribution in [-0.4, -0.2) is 4.98 Å². The molecule has 0 unspecified atom stereocenters. The molecule has 3 heterocycles. The molecular formula is C49H35N3O2. The Morgan fingerprint density at radius 1 is 0.389 bits per heavy atom. The molecule has 0 N–H and O–H groups in total. The third-order valence-corrected chi connectivity index (χ3v) is 10.2.